The Hall–Kier alpha value is -1.77. The van der Waals surface area contributed by atoms with Gasteiger partial charge in [-0.05, 0) is 19.4 Å². The lowest BCUT2D eigenvalue weighted by Crippen LogP contribution is -2.05. The maximum absolute atomic E-state index is 11.1. The molecule has 2 N–H and O–H groups in total. The highest BCUT2D eigenvalue weighted by molar-refractivity contribution is 5.90. The van der Waals surface area contributed by atoms with Crippen molar-refractivity contribution in [3.05, 3.63) is 41.5 Å². The fourth-order valence-corrected chi connectivity index (χ4v) is 1.14. The van der Waals surface area contributed by atoms with Crippen molar-refractivity contribution in [2.45, 2.75) is 13.8 Å². The lowest BCUT2D eigenvalue weighted by atomic mass is 10.1. The zero-order chi connectivity index (χ0) is 11.3. The van der Waals surface area contributed by atoms with E-state index in [1.54, 1.807) is 6.92 Å². The van der Waals surface area contributed by atoms with Crippen LogP contribution in [0.15, 0.2) is 30.3 Å². The van der Waals surface area contributed by atoms with Gasteiger partial charge in [0.1, 0.15) is 0 Å². The molecular formula is C12H15NO2. The fraction of sp³-hybridized carbons (Fsp3) is 0.250. The van der Waals surface area contributed by atoms with E-state index < -0.39 is 5.97 Å². The van der Waals surface area contributed by atoms with Crippen molar-refractivity contribution in [3.8, 4) is 0 Å². The van der Waals surface area contributed by atoms with Gasteiger partial charge in [0.2, 0.25) is 0 Å². The van der Waals surface area contributed by atoms with E-state index in [9.17, 15) is 4.79 Å². The smallest absolute Gasteiger partial charge is 0.332 e. The molecule has 15 heavy (non-hydrogen) atoms. The standard InChI is InChI=1S/C12H15NO2/c1-3-15-12(14)8-11(13)10-6-4-9(2)5-7-10/h4-8H,3,13H2,1-2H3. The summed E-state index contributed by atoms with van der Waals surface area (Å²) in [4.78, 5) is 11.1. The minimum atomic E-state index is -0.407. The monoisotopic (exact) mass is 205 g/mol. The van der Waals surface area contributed by atoms with Crippen LogP contribution >= 0.6 is 0 Å². The Morgan fingerprint density at radius 3 is 2.53 bits per heavy atom. The molecule has 0 amide bonds. The SMILES string of the molecule is CCOC(=O)C=C(N)c1ccc(C)cc1. The second-order valence-electron chi connectivity index (χ2n) is 3.22. The maximum Gasteiger partial charge on any atom is 0.332 e. The number of esters is 1. The van der Waals surface area contributed by atoms with Crippen molar-refractivity contribution >= 4 is 11.7 Å². The molecule has 0 aliphatic rings. The van der Waals surface area contributed by atoms with Gasteiger partial charge in [0.05, 0.1) is 6.61 Å². The van der Waals surface area contributed by atoms with Gasteiger partial charge in [-0.25, -0.2) is 4.79 Å². The number of nitrogens with two attached hydrogens (primary N) is 1. The molecule has 0 saturated carbocycles. The summed E-state index contributed by atoms with van der Waals surface area (Å²) in [5.74, 6) is -0.407. The number of hydrogen-bond donors (Lipinski definition) is 1. The number of ether oxygens (including phenoxy) is 1. The third kappa shape index (κ3) is 3.46. The van der Waals surface area contributed by atoms with Crippen LogP contribution in [-0.4, -0.2) is 12.6 Å². The Morgan fingerprint density at radius 1 is 1.40 bits per heavy atom. The van der Waals surface area contributed by atoms with Gasteiger partial charge < -0.3 is 10.5 Å². The van der Waals surface area contributed by atoms with Crippen molar-refractivity contribution < 1.29 is 9.53 Å². The first-order valence-corrected chi connectivity index (χ1v) is 4.84. The number of aryl methyl sites for hydroxylation is 1. The maximum atomic E-state index is 11.1. The van der Waals surface area contributed by atoms with Crippen molar-refractivity contribution in [1.82, 2.24) is 0 Å². The van der Waals surface area contributed by atoms with E-state index in [0.29, 0.717) is 12.3 Å². The summed E-state index contributed by atoms with van der Waals surface area (Å²) in [6, 6.07) is 7.64. The zero-order valence-electron chi connectivity index (χ0n) is 8.99. The highest BCUT2D eigenvalue weighted by atomic mass is 16.5. The Balaban J connectivity index is 2.79. The van der Waals surface area contributed by atoms with Gasteiger partial charge in [-0.15, -0.1) is 0 Å². The number of carbonyl (C=O) groups is 1. The molecule has 0 atom stereocenters. The van der Waals surface area contributed by atoms with Crippen molar-refractivity contribution in [2.24, 2.45) is 5.73 Å². The predicted octanol–water partition coefficient (Wildman–Crippen LogP) is 1.86. The molecule has 0 heterocycles. The molecule has 0 aromatic heterocycles. The second-order valence-corrected chi connectivity index (χ2v) is 3.22. The molecule has 0 bridgehead atoms. The summed E-state index contributed by atoms with van der Waals surface area (Å²) in [6.45, 7) is 4.11. The molecule has 1 rings (SSSR count). The van der Waals surface area contributed by atoms with Gasteiger partial charge in [-0.1, -0.05) is 29.8 Å². The molecule has 0 saturated heterocycles. The van der Waals surface area contributed by atoms with Gasteiger partial charge in [-0.2, -0.15) is 0 Å². The predicted molar refractivity (Wildman–Crippen MR) is 60.0 cm³/mol. The van der Waals surface area contributed by atoms with Gasteiger partial charge >= 0.3 is 5.97 Å². The normalized spacial score (nSPS) is 11.2. The largest absolute Gasteiger partial charge is 0.463 e. The minimum absolute atomic E-state index is 0.358. The van der Waals surface area contributed by atoms with Crippen LogP contribution in [0.2, 0.25) is 0 Å². The number of rotatable bonds is 3. The third-order valence-electron chi connectivity index (χ3n) is 1.94. The first kappa shape index (κ1) is 11.3. The summed E-state index contributed by atoms with van der Waals surface area (Å²) in [7, 11) is 0. The van der Waals surface area contributed by atoms with Gasteiger partial charge in [0.25, 0.3) is 0 Å². The highest BCUT2D eigenvalue weighted by Gasteiger charge is 2.00. The molecule has 0 radical (unpaired) electrons. The van der Waals surface area contributed by atoms with E-state index in [1.807, 2.05) is 31.2 Å². The van der Waals surface area contributed by atoms with E-state index in [-0.39, 0.29) is 0 Å². The van der Waals surface area contributed by atoms with E-state index in [2.05, 4.69) is 0 Å². The summed E-state index contributed by atoms with van der Waals surface area (Å²) in [5, 5.41) is 0. The lowest BCUT2D eigenvalue weighted by Gasteiger charge is -2.02. The van der Waals surface area contributed by atoms with Gasteiger partial charge in [0, 0.05) is 11.8 Å². The van der Waals surface area contributed by atoms with Crippen LogP contribution in [0.25, 0.3) is 5.70 Å². The third-order valence-corrected chi connectivity index (χ3v) is 1.94. The molecule has 0 spiro atoms. The quantitative estimate of drug-likeness (QED) is 0.605. The van der Waals surface area contributed by atoms with Crippen LogP contribution in [0.5, 0.6) is 0 Å². The Morgan fingerprint density at radius 2 is 2.00 bits per heavy atom. The van der Waals surface area contributed by atoms with Crippen LogP contribution in [0.3, 0.4) is 0 Å². The van der Waals surface area contributed by atoms with Gasteiger partial charge in [0.15, 0.2) is 0 Å². The van der Waals surface area contributed by atoms with Crippen molar-refractivity contribution in [2.75, 3.05) is 6.61 Å². The first-order chi connectivity index (χ1) is 7.13. The Labute approximate surface area is 89.5 Å². The molecule has 3 heteroatoms. The van der Waals surface area contributed by atoms with E-state index >= 15 is 0 Å². The Bertz CT molecular complexity index is 366. The number of hydrogen-bond acceptors (Lipinski definition) is 3. The van der Waals surface area contributed by atoms with Crippen molar-refractivity contribution in [1.29, 1.82) is 0 Å². The summed E-state index contributed by atoms with van der Waals surface area (Å²) in [6.07, 6.45) is 1.30. The van der Waals surface area contributed by atoms with Crippen LogP contribution in [-0.2, 0) is 9.53 Å². The lowest BCUT2D eigenvalue weighted by molar-refractivity contribution is -0.137. The number of carbonyl (C=O) groups excluding carboxylic acids is 1. The van der Waals surface area contributed by atoms with Crippen LogP contribution in [0, 0.1) is 6.92 Å². The fourth-order valence-electron chi connectivity index (χ4n) is 1.14. The molecule has 0 fully saturated rings. The van der Waals surface area contributed by atoms with Crippen LogP contribution in [0.1, 0.15) is 18.1 Å². The Kier molecular flexibility index (Phi) is 3.92. The summed E-state index contributed by atoms with van der Waals surface area (Å²) < 4.78 is 4.76. The second kappa shape index (κ2) is 5.20. The molecule has 3 nitrogen and oxygen atoms in total. The number of benzene rings is 1. The zero-order valence-corrected chi connectivity index (χ0v) is 8.99. The topological polar surface area (TPSA) is 52.3 Å². The molecule has 1 aromatic carbocycles. The molecule has 80 valence electrons. The average Bonchev–Trinajstić information content (AvgIpc) is 2.18. The van der Waals surface area contributed by atoms with Gasteiger partial charge in [-0.3, -0.25) is 0 Å². The van der Waals surface area contributed by atoms with E-state index in [1.165, 1.54) is 6.08 Å². The minimum Gasteiger partial charge on any atom is -0.463 e. The van der Waals surface area contributed by atoms with Crippen LogP contribution in [0.4, 0.5) is 0 Å². The van der Waals surface area contributed by atoms with Crippen molar-refractivity contribution in [3.63, 3.8) is 0 Å². The summed E-state index contributed by atoms with van der Waals surface area (Å²) >= 11 is 0. The van der Waals surface area contributed by atoms with E-state index in [4.69, 9.17) is 10.5 Å². The van der Waals surface area contributed by atoms with Crippen LogP contribution < -0.4 is 5.73 Å². The average molecular weight is 205 g/mol. The molecule has 1 aromatic rings. The molecule has 0 unspecified atom stereocenters. The molecular weight excluding hydrogens is 190 g/mol. The van der Waals surface area contributed by atoms with E-state index in [0.717, 1.165) is 11.1 Å². The highest BCUT2D eigenvalue weighted by Crippen LogP contribution is 2.10. The molecule has 0 aliphatic carbocycles. The molecule has 0 aliphatic heterocycles. The first-order valence-electron chi connectivity index (χ1n) is 4.84. The summed E-state index contributed by atoms with van der Waals surface area (Å²) in [5.41, 5.74) is 8.14.